The van der Waals surface area contributed by atoms with Gasteiger partial charge in [0.15, 0.2) is 0 Å². The smallest absolute Gasteiger partial charge is 0.123 e. The number of aromatic hydroxyl groups is 2. The van der Waals surface area contributed by atoms with Gasteiger partial charge in [0, 0.05) is 30.5 Å². The molecule has 1 aliphatic rings. The first kappa shape index (κ1) is 41.5. The van der Waals surface area contributed by atoms with E-state index in [-0.39, 0.29) is 38.8 Å². The standard InChI is InChI=1S/C45H71NO4/c1-40(2,3)34-25-31(26-35(38(34)47)41(4,5)6)19-17-22-49-24-21-46-44(13,14)29-33(30-45(46,15)16)50-23-18-20-32-27-36(42(7,8)9)39(48)37(28-32)43(10,11)12/h17-18,22-23,25-28,33,47-48H,19-21,24,29-30H2,1-16H3. The van der Waals surface area contributed by atoms with Crippen LogP contribution in [0.3, 0.4) is 0 Å². The molecule has 0 bridgehead atoms. The number of nitrogens with zero attached hydrogens (tertiary/aromatic N) is 1. The molecule has 2 aromatic carbocycles. The Hall–Kier alpha value is -2.92. The van der Waals surface area contributed by atoms with Gasteiger partial charge in [0.2, 0.25) is 0 Å². The highest BCUT2D eigenvalue weighted by atomic mass is 16.5. The van der Waals surface area contributed by atoms with Gasteiger partial charge in [-0.05, 0) is 108 Å². The fourth-order valence-electron chi connectivity index (χ4n) is 7.65. The van der Waals surface area contributed by atoms with E-state index in [1.165, 1.54) is 11.1 Å². The van der Waals surface area contributed by atoms with Crippen molar-refractivity contribution >= 4 is 0 Å². The summed E-state index contributed by atoms with van der Waals surface area (Å²) in [5.41, 5.74) is 5.66. The number of likely N-dealkylation sites (tertiary alicyclic amines) is 1. The Morgan fingerprint density at radius 1 is 0.620 bits per heavy atom. The van der Waals surface area contributed by atoms with Crippen LogP contribution in [0.1, 0.15) is 157 Å². The highest BCUT2D eigenvalue weighted by Crippen LogP contribution is 2.42. The SMILES string of the molecule is CC(C)(C)c1cc(CC=COCCN2C(C)(C)CC(OC=CCc3cc(C(C)(C)C)c(O)c(C(C)(C)C)c3)CC2(C)C)cc(C(C)(C)C)c1O. The number of benzene rings is 2. The summed E-state index contributed by atoms with van der Waals surface area (Å²) < 4.78 is 12.4. The molecule has 5 nitrogen and oxygen atoms in total. The third kappa shape index (κ3) is 10.6. The fourth-order valence-corrected chi connectivity index (χ4v) is 7.65. The molecular weight excluding hydrogens is 618 g/mol. The van der Waals surface area contributed by atoms with Crippen LogP contribution in [-0.2, 0) is 44.0 Å². The molecule has 0 saturated carbocycles. The molecule has 5 heteroatoms. The highest BCUT2D eigenvalue weighted by molar-refractivity contribution is 5.51. The summed E-state index contributed by atoms with van der Waals surface area (Å²) in [5.74, 6) is 0.841. The van der Waals surface area contributed by atoms with Crippen LogP contribution in [-0.4, -0.2) is 45.4 Å². The quantitative estimate of drug-likeness (QED) is 0.192. The van der Waals surface area contributed by atoms with Gasteiger partial charge in [0.1, 0.15) is 17.6 Å². The van der Waals surface area contributed by atoms with Gasteiger partial charge in [-0.3, -0.25) is 4.90 Å². The van der Waals surface area contributed by atoms with Crippen molar-refractivity contribution in [2.45, 2.75) is 175 Å². The molecule has 1 saturated heterocycles. The van der Waals surface area contributed by atoms with Gasteiger partial charge in [-0.1, -0.05) is 107 Å². The van der Waals surface area contributed by atoms with Gasteiger partial charge in [-0.25, -0.2) is 0 Å². The van der Waals surface area contributed by atoms with E-state index < -0.39 is 0 Å². The molecule has 1 heterocycles. The lowest BCUT2D eigenvalue weighted by molar-refractivity contribution is -0.0896. The maximum atomic E-state index is 11.1. The Bertz CT molecular complexity index is 1430. The second-order valence-corrected chi connectivity index (χ2v) is 20.0. The topological polar surface area (TPSA) is 62.2 Å². The minimum Gasteiger partial charge on any atom is -0.507 e. The molecule has 0 spiro atoms. The molecule has 0 radical (unpaired) electrons. The molecule has 2 aromatic rings. The lowest BCUT2D eigenvalue weighted by Crippen LogP contribution is -2.62. The Morgan fingerprint density at radius 3 is 1.30 bits per heavy atom. The summed E-state index contributed by atoms with van der Waals surface area (Å²) >= 11 is 0. The Kier molecular flexibility index (Phi) is 12.4. The molecule has 280 valence electrons. The van der Waals surface area contributed by atoms with Gasteiger partial charge in [-0.2, -0.15) is 0 Å². The largest absolute Gasteiger partial charge is 0.507 e. The monoisotopic (exact) mass is 690 g/mol. The number of phenols is 2. The van der Waals surface area contributed by atoms with Gasteiger partial charge < -0.3 is 19.7 Å². The zero-order valence-corrected chi connectivity index (χ0v) is 34.6. The number of ether oxygens (including phenoxy) is 2. The van der Waals surface area contributed by atoms with Crippen LogP contribution in [0.15, 0.2) is 48.9 Å². The fraction of sp³-hybridized carbons (Fsp3) is 0.644. The predicted octanol–water partition coefficient (Wildman–Crippen LogP) is 11.2. The van der Waals surface area contributed by atoms with Crippen LogP contribution in [0.5, 0.6) is 11.5 Å². The summed E-state index contributed by atoms with van der Waals surface area (Å²) in [6, 6.07) is 8.58. The predicted molar refractivity (Wildman–Crippen MR) is 212 cm³/mol. The second-order valence-electron chi connectivity index (χ2n) is 20.0. The van der Waals surface area contributed by atoms with Crippen molar-refractivity contribution in [3.8, 4) is 11.5 Å². The first-order valence-corrected chi connectivity index (χ1v) is 18.7. The molecule has 1 fully saturated rings. The highest BCUT2D eigenvalue weighted by Gasteiger charge is 2.45. The molecule has 0 atom stereocenters. The van der Waals surface area contributed by atoms with Crippen molar-refractivity contribution in [3.63, 3.8) is 0 Å². The van der Waals surface area contributed by atoms with Crippen molar-refractivity contribution in [3.05, 3.63) is 82.3 Å². The normalized spacial score (nSPS) is 17.9. The third-order valence-electron chi connectivity index (χ3n) is 10.2. The van der Waals surface area contributed by atoms with Crippen LogP contribution in [0, 0.1) is 0 Å². The summed E-state index contributed by atoms with van der Waals surface area (Å²) in [4.78, 5) is 2.57. The van der Waals surface area contributed by atoms with E-state index >= 15 is 0 Å². The van der Waals surface area contributed by atoms with E-state index in [2.05, 4.69) is 152 Å². The minimum absolute atomic E-state index is 0.0493. The van der Waals surface area contributed by atoms with Gasteiger partial charge in [-0.15, -0.1) is 0 Å². The van der Waals surface area contributed by atoms with Crippen molar-refractivity contribution in [1.82, 2.24) is 4.90 Å². The number of hydrogen-bond donors (Lipinski definition) is 2. The number of piperidine rings is 1. The maximum Gasteiger partial charge on any atom is 0.123 e. The molecule has 0 aliphatic carbocycles. The van der Waals surface area contributed by atoms with Crippen molar-refractivity contribution in [2.24, 2.45) is 0 Å². The number of allylic oxidation sites excluding steroid dienone is 2. The minimum atomic E-state index is -0.145. The lowest BCUT2D eigenvalue weighted by Gasteiger charge is -2.54. The zero-order chi connectivity index (χ0) is 38.1. The van der Waals surface area contributed by atoms with E-state index in [1.807, 2.05) is 12.5 Å². The molecule has 0 unspecified atom stereocenters. The van der Waals surface area contributed by atoms with E-state index in [0.29, 0.717) is 18.1 Å². The molecule has 50 heavy (non-hydrogen) atoms. The molecule has 0 amide bonds. The molecular formula is C45H71NO4. The third-order valence-corrected chi connectivity index (χ3v) is 10.2. The summed E-state index contributed by atoms with van der Waals surface area (Å²) in [6.07, 6.45) is 11.4. The van der Waals surface area contributed by atoms with E-state index in [4.69, 9.17) is 9.47 Å². The van der Waals surface area contributed by atoms with Crippen molar-refractivity contribution < 1.29 is 19.7 Å². The average Bonchev–Trinajstić information content (AvgIpc) is 2.92. The summed E-state index contributed by atoms with van der Waals surface area (Å²) in [6.45, 7) is 36.5. The van der Waals surface area contributed by atoms with Crippen LogP contribution in [0.25, 0.3) is 0 Å². The average molecular weight is 690 g/mol. The Labute approximate surface area is 306 Å². The summed E-state index contributed by atoms with van der Waals surface area (Å²) in [7, 11) is 0. The number of phenolic OH excluding ortho intramolecular Hbond substituents is 2. The van der Waals surface area contributed by atoms with E-state index in [0.717, 1.165) is 54.5 Å². The zero-order valence-electron chi connectivity index (χ0n) is 34.6. The van der Waals surface area contributed by atoms with Crippen molar-refractivity contribution in [2.75, 3.05) is 13.2 Å². The van der Waals surface area contributed by atoms with Crippen LogP contribution < -0.4 is 0 Å². The summed E-state index contributed by atoms with van der Waals surface area (Å²) in [5, 5.41) is 22.1. The number of rotatable bonds is 10. The molecule has 0 aromatic heterocycles. The Balaban J connectivity index is 1.59. The van der Waals surface area contributed by atoms with Gasteiger partial charge in [0.05, 0.1) is 19.1 Å². The number of hydrogen-bond acceptors (Lipinski definition) is 5. The van der Waals surface area contributed by atoms with Gasteiger partial charge in [0.25, 0.3) is 0 Å². The first-order valence-electron chi connectivity index (χ1n) is 18.7. The first-order chi connectivity index (χ1) is 22.6. The molecule has 3 rings (SSSR count). The molecule has 2 N–H and O–H groups in total. The van der Waals surface area contributed by atoms with Gasteiger partial charge >= 0.3 is 0 Å². The van der Waals surface area contributed by atoms with Crippen LogP contribution in [0.2, 0.25) is 0 Å². The second kappa shape index (κ2) is 15.0. The van der Waals surface area contributed by atoms with Crippen molar-refractivity contribution in [1.29, 1.82) is 0 Å². The molecule has 1 aliphatic heterocycles. The van der Waals surface area contributed by atoms with E-state index in [9.17, 15) is 10.2 Å². The lowest BCUT2D eigenvalue weighted by atomic mass is 9.78. The van der Waals surface area contributed by atoms with Crippen LogP contribution >= 0.6 is 0 Å². The Morgan fingerprint density at radius 2 is 0.960 bits per heavy atom. The maximum absolute atomic E-state index is 11.1. The van der Waals surface area contributed by atoms with Crippen LogP contribution in [0.4, 0.5) is 0 Å². The van der Waals surface area contributed by atoms with E-state index in [1.54, 1.807) is 0 Å².